The third-order valence-electron chi connectivity index (χ3n) is 2.43. The predicted octanol–water partition coefficient (Wildman–Crippen LogP) is -3.29. The molecule has 0 unspecified atom stereocenters. The van der Waals surface area contributed by atoms with E-state index in [1.54, 1.807) is 0 Å². The van der Waals surface area contributed by atoms with Crippen molar-refractivity contribution >= 4 is 11.8 Å². The van der Waals surface area contributed by atoms with Crippen LogP contribution in [-0.2, 0) is 9.59 Å². The number of aliphatic hydroxyl groups excluding tert-OH is 4. The summed E-state index contributed by atoms with van der Waals surface area (Å²) in [6, 6.07) is 0. The lowest BCUT2D eigenvalue weighted by molar-refractivity contribution is -0.142. The first-order valence-corrected chi connectivity index (χ1v) is 5.34. The van der Waals surface area contributed by atoms with Gasteiger partial charge in [0.2, 0.25) is 0 Å². The summed E-state index contributed by atoms with van der Waals surface area (Å²) in [7, 11) is 0. The molecule has 0 heterocycles. The summed E-state index contributed by atoms with van der Waals surface area (Å²) in [6.45, 7) is 0.546. The van der Waals surface area contributed by atoms with Gasteiger partial charge in [0.25, 0.3) is 0 Å². The van der Waals surface area contributed by atoms with Crippen LogP contribution in [0.1, 0.15) is 13.8 Å². The summed E-state index contributed by atoms with van der Waals surface area (Å²) in [5, 5.41) is 40.1. The van der Waals surface area contributed by atoms with Crippen molar-refractivity contribution in [1.29, 1.82) is 0 Å². The summed E-state index contributed by atoms with van der Waals surface area (Å²) >= 11 is 0. The second-order valence-electron chi connectivity index (χ2n) is 4.66. The minimum absolute atomic E-state index is 0.542. The number of amides is 2. The van der Waals surface area contributed by atoms with E-state index in [9.17, 15) is 9.59 Å². The Labute approximate surface area is 105 Å². The lowest BCUT2D eigenvalue weighted by Gasteiger charge is -2.28. The van der Waals surface area contributed by atoms with Crippen LogP contribution < -0.4 is 10.6 Å². The zero-order valence-electron chi connectivity index (χ0n) is 10.4. The number of aliphatic hydroxyl groups is 4. The van der Waals surface area contributed by atoms with Gasteiger partial charge in [0, 0.05) is 0 Å². The number of carbonyl (C=O) groups is 2. The minimum Gasteiger partial charge on any atom is -0.394 e. The van der Waals surface area contributed by atoms with Gasteiger partial charge in [-0.3, -0.25) is 9.59 Å². The van der Waals surface area contributed by atoms with Crippen molar-refractivity contribution in [3.63, 3.8) is 0 Å². The van der Waals surface area contributed by atoms with Gasteiger partial charge in [-0.15, -0.1) is 0 Å². The maximum Gasteiger partial charge on any atom is 0.309 e. The lowest BCUT2D eigenvalue weighted by atomic mass is 10.0. The average molecular weight is 264 g/mol. The van der Waals surface area contributed by atoms with Crippen LogP contribution in [0.15, 0.2) is 0 Å². The van der Waals surface area contributed by atoms with Crippen LogP contribution in [0.5, 0.6) is 0 Å². The van der Waals surface area contributed by atoms with E-state index >= 15 is 0 Å². The molecule has 0 aromatic carbocycles. The van der Waals surface area contributed by atoms with Crippen molar-refractivity contribution in [3.05, 3.63) is 0 Å². The number of hydrogen-bond acceptors (Lipinski definition) is 6. The summed E-state index contributed by atoms with van der Waals surface area (Å²) in [6.07, 6.45) is 0. The molecule has 0 aromatic rings. The molecule has 0 saturated carbocycles. The average Bonchev–Trinajstić information content (AvgIpc) is 2.38. The number of hydrogen-bond donors (Lipinski definition) is 6. The van der Waals surface area contributed by atoms with E-state index in [0.29, 0.717) is 0 Å². The standard InChI is InChI=1S/C10H20N2O6/c1-9(3-13,4-14)11-7(17)8(18)12-10(2,5-15)6-16/h13-16H,3-6H2,1-2H3,(H,11,17)(H,12,18). The summed E-state index contributed by atoms with van der Waals surface area (Å²) in [5.74, 6) is -2.15. The van der Waals surface area contributed by atoms with E-state index in [0.717, 1.165) is 0 Å². The van der Waals surface area contributed by atoms with Gasteiger partial charge in [0.1, 0.15) is 0 Å². The van der Waals surface area contributed by atoms with Crippen LogP contribution in [0.25, 0.3) is 0 Å². The van der Waals surface area contributed by atoms with E-state index in [1.807, 2.05) is 0 Å². The number of nitrogens with one attached hydrogen (secondary N) is 2. The van der Waals surface area contributed by atoms with Crippen LogP contribution in [-0.4, -0.2) is 69.7 Å². The molecule has 6 N–H and O–H groups in total. The molecule has 0 spiro atoms. The van der Waals surface area contributed by atoms with Gasteiger partial charge < -0.3 is 31.1 Å². The van der Waals surface area contributed by atoms with Gasteiger partial charge in [0.05, 0.1) is 37.5 Å². The van der Waals surface area contributed by atoms with E-state index in [-0.39, 0.29) is 0 Å². The Morgan fingerprint density at radius 3 is 1.17 bits per heavy atom. The fourth-order valence-electron chi connectivity index (χ4n) is 0.920. The zero-order chi connectivity index (χ0) is 14.4. The van der Waals surface area contributed by atoms with Crippen LogP contribution in [0.2, 0.25) is 0 Å². The van der Waals surface area contributed by atoms with Crippen LogP contribution in [0.3, 0.4) is 0 Å². The molecule has 18 heavy (non-hydrogen) atoms. The van der Waals surface area contributed by atoms with E-state index in [2.05, 4.69) is 10.6 Å². The molecular weight excluding hydrogens is 244 g/mol. The van der Waals surface area contributed by atoms with Crippen molar-refractivity contribution in [2.45, 2.75) is 24.9 Å². The Kier molecular flexibility index (Phi) is 6.19. The Hall–Kier alpha value is -1.22. The zero-order valence-corrected chi connectivity index (χ0v) is 10.4. The molecule has 0 saturated heterocycles. The van der Waals surface area contributed by atoms with Gasteiger partial charge in [-0.1, -0.05) is 0 Å². The molecule has 0 aliphatic carbocycles. The van der Waals surface area contributed by atoms with Crippen molar-refractivity contribution in [2.75, 3.05) is 26.4 Å². The molecular formula is C10H20N2O6. The topological polar surface area (TPSA) is 139 Å². The SMILES string of the molecule is CC(CO)(CO)NC(=O)C(=O)NC(C)(CO)CO. The fraction of sp³-hybridized carbons (Fsp3) is 0.800. The Bertz CT molecular complexity index is 269. The van der Waals surface area contributed by atoms with Crippen LogP contribution in [0, 0.1) is 0 Å². The van der Waals surface area contributed by atoms with Crippen molar-refractivity contribution in [1.82, 2.24) is 10.6 Å². The van der Waals surface area contributed by atoms with E-state index in [4.69, 9.17) is 20.4 Å². The van der Waals surface area contributed by atoms with Crippen molar-refractivity contribution in [2.24, 2.45) is 0 Å². The van der Waals surface area contributed by atoms with Gasteiger partial charge in [-0.05, 0) is 13.8 Å². The monoisotopic (exact) mass is 264 g/mol. The molecule has 8 heteroatoms. The van der Waals surface area contributed by atoms with Crippen molar-refractivity contribution < 1.29 is 30.0 Å². The Balaban J connectivity index is 4.58. The normalized spacial score (nSPS) is 12.1. The first-order chi connectivity index (χ1) is 8.25. The number of carbonyl (C=O) groups excluding carboxylic acids is 2. The fourth-order valence-corrected chi connectivity index (χ4v) is 0.920. The van der Waals surface area contributed by atoms with E-state index in [1.165, 1.54) is 13.8 Å². The molecule has 0 radical (unpaired) electrons. The third-order valence-corrected chi connectivity index (χ3v) is 2.43. The molecule has 0 fully saturated rings. The second kappa shape index (κ2) is 6.64. The highest BCUT2D eigenvalue weighted by Crippen LogP contribution is 2.02. The summed E-state index contributed by atoms with van der Waals surface area (Å²) < 4.78 is 0. The third kappa shape index (κ3) is 4.57. The summed E-state index contributed by atoms with van der Waals surface area (Å²) in [4.78, 5) is 23.0. The largest absolute Gasteiger partial charge is 0.394 e. The van der Waals surface area contributed by atoms with Gasteiger partial charge in [-0.2, -0.15) is 0 Å². The lowest BCUT2D eigenvalue weighted by Crippen LogP contribution is -2.60. The molecule has 0 rings (SSSR count). The van der Waals surface area contributed by atoms with E-state index < -0.39 is 49.3 Å². The van der Waals surface area contributed by atoms with Gasteiger partial charge in [-0.25, -0.2) is 0 Å². The molecule has 0 bridgehead atoms. The van der Waals surface area contributed by atoms with Crippen molar-refractivity contribution in [3.8, 4) is 0 Å². The molecule has 0 aromatic heterocycles. The molecule has 0 aliphatic heterocycles. The van der Waals surface area contributed by atoms with Gasteiger partial charge in [0.15, 0.2) is 0 Å². The molecule has 2 amide bonds. The smallest absolute Gasteiger partial charge is 0.309 e. The van der Waals surface area contributed by atoms with Crippen LogP contribution >= 0.6 is 0 Å². The molecule has 0 atom stereocenters. The highest BCUT2D eigenvalue weighted by Gasteiger charge is 2.31. The Morgan fingerprint density at radius 2 is 1.00 bits per heavy atom. The van der Waals surface area contributed by atoms with Crippen LogP contribution in [0.4, 0.5) is 0 Å². The maximum atomic E-state index is 11.5. The Morgan fingerprint density at radius 1 is 0.778 bits per heavy atom. The minimum atomic E-state index is -1.32. The highest BCUT2D eigenvalue weighted by molar-refractivity contribution is 6.35. The molecule has 0 aliphatic rings. The predicted molar refractivity (Wildman–Crippen MR) is 61.4 cm³/mol. The van der Waals surface area contributed by atoms with Gasteiger partial charge >= 0.3 is 11.8 Å². The summed E-state index contributed by atoms with van der Waals surface area (Å²) in [5.41, 5.74) is -2.63. The highest BCUT2D eigenvalue weighted by atomic mass is 16.3. The second-order valence-corrected chi connectivity index (χ2v) is 4.66. The number of rotatable bonds is 6. The maximum absolute atomic E-state index is 11.5. The molecule has 8 nitrogen and oxygen atoms in total. The first-order valence-electron chi connectivity index (χ1n) is 5.34. The quantitative estimate of drug-likeness (QED) is 0.278. The molecule has 106 valence electrons. The first kappa shape index (κ1) is 16.8.